The van der Waals surface area contributed by atoms with Crippen LogP contribution in [-0.2, 0) is 6.54 Å². The lowest BCUT2D eigenvalue weighted by Crippen LogP contribution is -2.35. The van der Waals surface area contributed by atoms with Crippen LogP contribution in [0.3, 0.4) is 0 Å². The van der Waals surface area contributed by atoms with E-state index in [2.05, 4.69) is 56.7 Å². The van der Waals surface area contributed by atoms with E-state index in [4.69, 9.17) is 11.6 Å². The number of pyridine rings is 1. The van der Waals surface area contributed by atoms with Crippen molar-refractivity contribution in [3.63, 3.8) is 0 Å². The van der Waals surface area contributed by atoms with Crippen molar-refractivity contribution >= 4 is 17.4 Å². The molecule has 1 aromatic heterocycles. The van der Waals surface area contributed by atoms with E-state index in [1.54, 1.807) is 0 Å². The first-order chi connectivity index (χ1) is 9.81. The molecular formula is C17H30ClN3. The fourth-order valence-electron chi connectivity index (χ4n) is 2.22. The molecule has 0 spiro atoms. The van der Waals surface area contributed by atoms with E-state index in [0.717, 1.165) is 36.0 Å². The molecule has 1 aromatic rings. The summed E-state index contributed by atoms with van der Waals surface area (Å²) in [5.74, 6) is 2.13. The predicted molar refractivity (Wildman–Crippen MR) is 93.1 cm³/mol. The van der Waals surface area contributed by atoms with Crippen molar-refractivity contribution in [2.45, 2.75) is 54.1 Å². The summed E-state index contributed by atoms with van der Waals surface area (Å²) in [6, 6.07) is 2.43. The molecule has 0 atom stereocenters. The molecule has 0 aliphatic rings. The number of hydrogen-bond acceptors (Lipinski definition) is 3. The Balaban J connectivity index is 2.80. The maximum absolute atomic E-state index is 6.46. The van der Waals surface area contributed by atoms with Crippen LogP contribution in [-0.4, -0.2) is 24.1 Å². The zero-order valence-corrected chi connectivity index (χ0v) is 15.0. The summed E-state index contributed by atoms with van der Waals surface area (Å²) in [7, 11) is 0. The Labute approximate surface area is 135 Å². The van der Waals surface area contributed by atoms with Crippen LogP contribution < -0.4 is 10.2 Å². The van der Waals surface area contributed by atoms with Crippen LogP contribution in [0.1, 0.15) is 47.1 Å². The van der Waals surface area contributed by atoms with Gasteiger partial charge in [0.05, 0.1) is 5.02 Å². The molecule has 1 heterocycles. The third kappa shape index (κ3) is 6.23. The van der Waals surface area contributed by atoms with Gasteiger partial charge in [-0.15, -0.1) is 0 Å². The predicted octanol–water partition coefficient (Wildman–Crippen LogP) is 4.35. The molecule has 0 bridgehead atoms. The fraction of sp³-hybridized carbons (Fsp3) is 0.706. The molecule has 0 saturated heterocycles. The molecule has 0 amide bonds. The summed E-state index contributed by atoms with van der Waals surface area (Å²) in [4.78, 5) is 6.88. The Bertz CT molecular complexity index is 430. The molecule has 21 heavy (non-hydrogen) atoms. The normalized spacial score (nSPS) is 11.7. The van der Waals surface area contributed by atoms with Gasteiger partial charge < -0.3 is 10.2 Å². The lowest BCUT2D eigenvalue weighted by molar-refractivity contribution is 0.551. The first-order valence-electron chi connectivity index (χ1n) is 7.93. The highest BCUT2D eigenvalue weighted by Gasteiger charge is 2.16. The Kier molecular flexibility index (Phi) is 7.47. The summed E-state index contributed by atoms with van der Waals surface area (Å²) >= 11 is 6.46. The van der Waals surface area contributed by atoms with E-state index in [1.165, 1.54) is 0 Å². The maximum Gasteiger partial charge on any atom is 0.147 e. The van der Waals surface area contributed by atoms with Crippen molar-refractivity contribution < 1.29 is 0 Å². The summed E-state index contributed by atoms with van der Waals surface area (Å²) < 4.78 is 0. The van der Waals surface area contributed by atoms with Gasteiger partial charge in [0.1, 0.15) is 5.82 Å². The van der Waals surface area contributed by atoms with Gasteiger partial charge >= 0.3 is 0 Å². The van der Waals surface area contributed by atoms with Crippen molar-refractivity contribution in [1.82, 2.24) is 10.3 Å². The first kappa shape index (κ1) is 18.2. The van der Waals surface area contributed by atoms with Crippen LogP contribution >= 0.6 is 11.6 Å². The molecule has 4 heteroatoms. The third-order valence-electron chi connectivity index (χ3n) is 3.22. The Morgan fingerprint density at radius 2 is 1.81 bits per heavy atom. The molecule has 0 aliphatic carbocycles. The lowest BCUT2D eigenvalue weighted by Gasteiger charge is -2.30. The average Bonchev–Trinajstić information content (AvgIpc) is 2.35. The van der Waals surface area contributed by atoms with Gasteiger partial charge in [-0.05, 0) is 43.9 Å². The number of aromatic nitrogens is 1. The van der Waals surface area contributed by atoms with Crippen molar-refractivity contribution in [1.29, 1.82) is 0 Å². The Morgan fingerprint density at radius 1 is 1.14 bits per heavy atom. The van der Waals surface area contributed by atoms with Gasteiger partial charge in [-0.3, -0.25) is 0 Å². The molecule has 3 nitrogen and oxygen atoms in total. The number of halogens is 1. The molecule has 0 fully saturated rings. The second-order valence-corrected chi connectivity index (χ2v) is 7.22. The quantitative estimate of drug-likeness (QED) is 0.773. The minimum absolute atomic E-state index is 0.391. The summed E-state index contributed by atoms with van der Waals surface area (Å²) in [5.41, 5.74) is 1.14. The summed E-state index contributed by atoms with van der Waals surface area (Å²) in [5, 5.41) is 4.16. The number of rotatable bonds is 8. The van der Waals surface area contributed by atoms with Crippen molar-refractivity contribution in [3.05, 3.63) is 22.8 Å². The standard InChI is InChI=1S/C17H30ClN3/c1-12(2)8-19-9-15-7-16(18)17(20-10-15)21(14(5)6)11-13(3)4/h7,10,12-14,19H,8-9,11H2,1-6H3. The highest BCUT2D eigenvalue weighted by Crippen LogP contribution is 2.26. The maximum atomic E-state index is 6.46. The van der Waals surface area contributed by atoms with Gasteiger partial charge in [0.25, 0.3) is 0 Å². The van der Waals surface area contributed by atoms with E-state index < -0.39 is 0 Å². The largest absolute Gasteiger partial charge is 0.353 e. The fourth-order valence-corrected chi connectivity index (χ4v) is 2.52. The second-order valence-electron chi connectivity index (χ2n) is 6.81. The van der Waals surface area contributed by atoms with Gasteiger partial charge in [0.2, 0.25) is 0 Å². The summed E-state index contributed by atoms with van der Waals surface area (Å²) in [6.45, 7) is 16.0. The van der Waals surface area contributed by atoms with Crippen LogP contribution in [0.4, 0.5) is 5.82 Å². The number of anilines is 1. The van der Waals surface area contributed by atoms with E-state index in [9.17, 15) is 0 Å². The average molecular weight is 312 g/mol. The molecule has 0 radical (unpaired) electrons. The highest BCUT2D eigenvalue weighted by molar-refractivity contribution is 6.33. The lowest BCUT2D eigenvalue weighted by atomic mass is 10.1. The van der Waals surface area contributed by atoms with Crippen molar-refractivity contribution in [3.8, 4) is 0 Å². The van der Waals surface area contributed by atoms with Crippen molar-refractivity contribution in [2.75, 3.05) is 18.0 Å². The van der Waals surface area contributed by atoms with E-state index in [0.29, 0.717) is 17.9 Å². The minimum atomic E-state index is 0.391. The van der Waals surface area contributed by atoms with Gasteiger partial charge in [-0.1, -0.05) is 39.3 Å². The van der Waals surface area contributed by atoms with Crippen LogP contribution in [0.15, 0.2) is 12.3 Å². The zero-order chi connectivity index (χ0) is 16.0. The second kappa shape index (κ2) is 8.60. The zero-order valence-electron chi connectivity index (χ0n) is 14.3. The molecule has 120 valence electrons. The SMILES string of the molecule is CC(C)CNCc1cnc(N(CC(C)C)C(C)C)c(Cl)c1. The van der Waals surface area contributed by atoms with Gasteiger partial charge in [-0.2, -0.15) is 0 Å². The molecule has 1 N–H and O–H groups in total. The van der Waals surface area contributed by atoms with Gasteiger partial charge in [0.15, 0.2) is 0 Å². The molecule has 0 aliphatic heterocycles. The Hall–Kier alpha value is -0.800. The van der Waals surface area contributed by atoms with Crippen molar-refractivity contribution in [2.24, 2.45) is 11.8 Å². The van der Waals surface area contributed by atoms with Crippen LogP contribution in [0, 0.1) is 11.8 Å². The first-order valence-corrected chi connectivity index (χ1v) is 8.30. The molecular weight excluding hydrogens is 282 g/mol. The molecule has 0 aromatic carbocycles. The van der Waals surface area contributed by atoms with E-state index in [-0.39, 0.29) is 0 Å². The Morgan fingerprint density at radius 3 is 2.29 bits per heavy atom. The third-order valence-corrected chi connectivity index (χ3v) is 3.50. The number of hydrogen-bond donors (Lipinski definition) is 1. The van der Waals surface area contributed by atoms with Crippen LogP contribution in [0.2, 0.25) is 5.02 Å². The summed E-state index contributed by atoms with van der Waals surface area (Å²) in [6.07, 6.45) is 1.93. The van der Waals surface area contributed by atoms with E-state index in [1.807, 2.05) is 12.3 Å². The molecule has 1 rings (SSSR count). The highest BCUT2D eigenvalue weighted by atomic mass is 35.5. The number of nitrogens with zero attached hydrogens (tertiary/aromatic N) is 2. The van der Waals surface area contributed by atoms with Gasteiger partial charge in [0, 0.05) is 25.3 Å². The van der Waals surface area contributed by atoms with Gasteiger partial charge in [-0.25, -0.2) is 4.98 Å². The topological polar surface area (TPSA) is 28.2 Å². The van der Waals surface area contributed by atoms with E-state index >= 15 is 0 Å². The number of nitrogens with one attached hydrogen (secondary N) is 1. The van der Waals surface area contributed by atoms with Crippen LogP contribution in [0.5, 0.6) is 0 Å². The monoisotopic (exact) mass is 311 g/mol. The smallest absolute Gasteiger partial charge is 0.147 e. The molecule has 0 saturated carbocycles. The molecule has 0 unspecified atom stereocenters. The minimum Gasteiger partial charge on any atom is -0.353 e. The van der Waals surface area contributed by atoms with Crippen LogP contribution in [0.25, 0.3) is 0 Å².